The minimum atomic E-state index is -4.31. The Bertz CT molecular complexity index is 232. The summed E-state index contributed by atoms with van der Waals surface area (Å²) in [7, 11) is 0. The summed E-state index contributed by atoms with van der Waals surface area (Å²) in [6, 6.07) is -0.257. The van der Waals surface area contributed by atoms with Gasteiger partial charge in [-0.05, 0) is 6.92 Å². The molecule has 7 heteroatoms. The van der Waals surface area contributed by atoms with E-state index in [0.29, 0.717) is 6.67 Å². The predicted octanol–water partition coefficient (Wildman–Crippen LogP) is 0.343. The first kappa shape index (κ1) is 12.3. The van der Waals surface area contributed by atoms with Crippen LogP contribution in [0.4, 0.5) is 13.2 Å². The molecular weight excluding hydrogens is 213 g/mol. The van der Waals surface area contributed by atoms with E-state index in [9.17, 15) is 18.0 Å². The minimum Gasteiger partial charge on any atom is -0.370 e. The van der Waals surface area contributed by atoms with Crippen LogP contribution in [-0.4, -0.2) is 49.5 Å². The standard InChI is InChI=1S/C8H13F3N2O2/c1-6-7(14)13(5-12-6)2-3-15-4-8(9,10)11/h6,12H,2-5H2,1H3. The lowest BCUT2D eigenvalue weighted by atomic mass is 10.3. The van der Waals surface area contributed by atoms with E-state index in [1.54, 1.807) is 6.92 Å². The SMILES string of the molecule is CC1NCN(CCOCC(F)(F)F)C1=O. The first-order valence-corrected chi connectivity index (χ1v) is 4.57. The van der Waals surface area contributed by atoms with Gasteiger partial charge in [0.15, 0.2) is 0 Å². The molecule has 88 valence electrons. The summed E-state index contributed by atoms with van der Waals surface area (Å²) >= 11 is 0. The van der Waals surface area contributed by atoms with Crippen molar-refractivity contribution in [1.82, 2.24) is 10.2 Å². The zero-order valence-electron chi connectivity index (χ0n) is 8.30. The number of rotatable bonds is 4. The van der Waals surface area contributed by atoms with E-state index in [-0.39, 0.29) is 25.1 Å². The minimum absolute atomic E-state index is 0.0976. The van der Waals surface area contributed by atoms with Crippen molar-refractivity contribution in [3.05, 3.63) is 0 Å². The van der Waals surface area contributed by atoms with Crippen LogP contribution in [0.25, 0.3) is 0 Å². The first-order valence-electron chi connectivity index (χ1n) is 4.57. The van der Waals surface area contributed by atoms with Crippen molar-refractivity contribution in [2.24, 2.45) is 0 Å². The fraction of sp³-hybridized carbons (Fsp3) is 0.875. The largest absolute Gasteiger partial charge is 0.411 e. The van der Waals surface area contributed by atoms with Gasteiger partial charge >= 0.3 is 6.18 Å². The predicted molar refractivity (Wildman–Crippen MR) is 46.1 cm³/mol. The van der Waals surface area contributed by atoms with Crippen LogP contribution in [0.3, 0.4) is 0 Å². The van der Waals surface area contributed by atoms with Crippen molar-refractivity contribution in [3.63, 3.8) is 0 Å². The number of carbonyl (C=O) groups excluding carboxylic acids is 1. The average molecular weight is 226 g/mol. The first-order chi connectivity index (χ1) is 6.90. The number of nitrogens with one attached hydrogen (secondary N) is 1. The molecular formula is C8H13F3N2O2. The second-order valence-corrected chi connectivity index (χ2v) is 3.35. The molecule has 1 rings (SSSR count). The second-order valence-electron chi connectivity index (χ2n) is 3.35. The van der Waals surface area contributed by atoms with Crippen LogP contribution >= 0.6 is 0 Å². The summed E-state index contributed by atoms with van der Waals surface area (Å²) in [5.41, 5.74) is 0. The summed E-state index contributed by atoms with van der Waals surface area (Å²) in [6.07, 6.45) is -4.31. The number of hydrogen-bond acceptors (Lipinski definition) is 3. The molecule has 0 aromatic heterocycles. The number of hydrogen-bond donors (Lipinski definition) is 1. The van der Waals surface area contributed by atoms with Crippen LogP contribution in [0, 0.1) is 0 Å². The Labute approximate surface area is 85.4 Å². The highest BCUT2D eigenvalue weighted by Crippen LogP contribution is 2.14. The van der Waals surface area contributed by atoms with Crippen molar-refractivity contribution in [3.8, 4) is 0 Å². The van der Waals surface area contributed by atoms with Crippen molar-refractivity contribution in [1.29, 1.82) is 0 Å². The van der Waals surface area contributed by atoms with Gasteiger partial charge in [-0.3, -0.25) is 10.1 Å². The van der Waals surface area contributed by atoms with Gasteiger partial charge in [0, 0.05) is 6.54 Å². The highest BCUT2D eigenvalue weighted by Gasteiger charge is 2.29. The summed E-state index contributed by atoms with van der Waals surface area (Å²) in [4.78, 5) is 12.7. The molecule has 1 N–H and O–H groups in total. The van der Waals surface area contributed by atoms with Crippen molar-refractivity contribution in [2.75, 3.05) is 26.4 Å². The third-order valence-corrected chi connectivity index (χ3v) is 2.04. The summed E-state index contributed by atoms with van der Waals surface area (Å²) in [5, 5.41) is 2.88. The van der Waals surface area contributed by atoms with E-state index < -0.39 is 12.8 Å². The zero-order valence-corrected chi connectivity index (χ0v) is 8.30. The molecule has 1 fully saturated rings. The van der Waals surface area contributed by atoms with Gasteiger partial charge in [-0.2, -0.15) is 13.2 Å². The fourth-order valence-electron chi connectivity index (χ4n) is 1.24. The maximum Gasteiger partial charge on any atom is 0.411 e. The molecule has 0 saturated carbocycles. The molecule has 0 spiro atoms. The lowest BCUT2D eigenvalue weighted by Gasteiger charge is -2.15. The third kappa shape index (κ3) is 4.05. The molecule has 4 nitrogen and oxygen atoms in total. The molecule has 0 aromatic carbocycles. The van der Waals surface area contributed by atoms with E-state index >= 15 is 0 Å². The van der Waals surface area contributed by atoms with Gasteiger partial charge in [-0.25, -0.2) is 0 Å². The highest BCUT2D eigenvalue weighted by atomic mass is 19.4. The molecule has 15 heavy (non-hydrogen) atoms. The van der Waals surface area contributed by atoms with Crippen LogP contribution in [0.1, 0.15) is 6.92 Å². The highest BCUT2D eigenvalue weighted by molar-refractivity contribution is 5.83. The normalized spacial score (nSPS) is 22.5. The van der Waals surface area contributed by atoms with E-state index in [0.717, 1.165) is 0 Å². The van der Waals surface area contributed by atoms with Crippen molar-refractivity contribution < 1.29 is 22.7 Å². The maximum atomic E-state index is 11.7. The van der Waals surface area contributed by atoms with Crippen molar-refractivity contribution >= 4 is 5.91 Å². The van der Waals surface area contributed by atoms with E-state index in [1.807, 2.05) is 0 Å². The molecule has 1 heterocycles. The van der Waals surface area contributed by atoms with Crippen LogP contribution in [-0.2, 0) is 9.53 Å². The lowest BCUT2D eigenvalue weighted by Crippen LogP contribution is -2.32. The summed E-state index contributed by atoms with van der Waals surface area (Å²) < 4.78 is 39.4. The smallest absolute Gasteiger partial charge is 0.370 e. The topological polar surface area (TPSA) is 41.6 Å². The monoisotopic (exact) mass is 226 g/mol. The molecule has 1 saturated heterocycles. The number of carbonyl (C=O) groups is 1. The molecule has 0 bridgehead atoms. The number of alkyl halides is 3. The molecule has 1 aliphatic heterocycles. The lowest BCUT2D eigenvalue weighted by molar-refractivity contribution is -0.174. The van der Waals surface area contributed by atoms with Gasteiger partial charge in [0.05, 0.1) is 19.3 Å². The Kier molecular flexibility index (Phi) is 3.92. The maximum absolute atomic E-state index is 11.7. The van der Waals surface area contributed by atoms with Crippen LogP contribution in [0.5, 0.6) is 0 Å². The summed E-state index contributed by atoms with van der Waals surface area (Å²) in [5.74, 6) is -0.106. The zero-order chi connectivity index (χ0) is 11.5. The van der Waals surface area contributed by atoms with E-state index in [4.69, 9.17) is 0 Å². The number of ether oxygens (including phenoxy) is 1. The fourth-order valence-corrected chi connectivity index (χ4v) is 1.24. The Morgan fingerprint density at radius 3 is 2.73 bits per heavy atom. The van der Waals surface area contributed by atoms with Gasteiger partial charge in [0.25, 0.3) is 0 Å². The van der Waals surface area contributed by atoms with Gasteiger partial charge in [-0.1, -0.05) is 0 Å². The van der Waals surface area contributed by atoms with Crippen molar-refractivity contribution in [2.45, 2.75) is 19.1 Å². The molecule has 1 aliphatic rings. The third-order valence-electron chi connectivity index (χ3n) is 2.04. The quantitative estimate of drug-likeness (QED) is 0.703. The molecule has 0 radical (unpaired) electrons. The van der Waals surface area contributed by atoms with E-state index in [2.05, 4.69) is 10.1 Å². The number of nitrogens with zero attached hydrogens (tertiary/aromatic N) is 1. The van der Waals surface area contributed by atoms with Crippen LogP contribution in [0.2, 0.25) is 0 Å². The Morgan fingerprint density at radius 2 is 2.27 bits per heavy atom. The summed E-state index contributed by atoms with van der Waals surface area (Å²) in [6.45, 7) is 0.901. The second kappa shape index (κ2) is 4.80. The molecule has 1 amide bonds. The van der Waals surface area contributed by atoms with Gasteiger partial charge < -0.3 is 9.64 Å². The molecule has 0 aliphatic carbocycles. The molecule has 1 unspecified atom stereocenters. The van der Waals surface area contributed by atoms with Gasteiger partial charge in [0.1, 0.15) is 6.61 Å². The Hall–Kier alpha value is -0.820. The Morgan fingerprint density at radius 1 is 1.60 bits per heavy atom. The number of amides is 1. The van der Waals surface area contributed by atoms with Gasteiger partial charge in [0.2, 0.25) is 5.91 Å². The van der Waals surface area contributed by atoms with Gasteiger partial charge in [-0.15, -0.1) is 0 Å². The average Bonchev–Trinajstić information content (AvgIpc) is 2.42. The molecule has 1 atom stereocenters. The number of halogens is 3. The molecule has 0 aromatic rings. The van der Waals surface area contributed by atoms with E-state index in [1.165, 1.54) is 4.90 Å². The van der Waals surface area contributed by atoms with Crippen LogP contribution < -0.4 is 5.32 Å². The van der Waals surface area contributed by atoms with Crippen LogP contribution in [0.15, 0.2) is 0 Å². The Balaban J connectivity index is 2.14.